The van der Waals surface area contributed by atoms with E-state index >= 15 is 0 Å². The fourth-order valence-electron chi connectivity index (χ4n) is 1.74. The van der Waals surface area contributed by atoms with Gasteiger partial charge >= 0.3 is 0 Å². The molecule has 19 heavy (non-hydrogen) atoms. The summed E-state index contributed by atoms with van der Waals surface area (Å²) in [5.74, 6) is 1.69. The first kappa shape index (κ1) is 15.8. The van der Waals surface area contributed by atoms with Crippen LogP contribution in [0.25, 0.3) is 0 Å². The first-order chi connectivity index (χ1) is 9.27. The molecule has 3 nitrogen and oxygen atoms in total. The molecule has 0 heterocycles. The highest BCUT2D eigenvalue weighted by molar-refractivity contribution is 5.39. The molecular weight excluding hydrogens is 238 g/mol. The predicted molar refractivity (Wildman–Crippen MR) is 80.1 cm³/mol. The lowest BCUT2D eigenvalue weighted by Gasteiger charge is -2.15. The second-order valence-electron chi connectivity index (χ2n) is 4.79. The zero-order chi connectivity index (χ0) is 13.9. The number of para-hydroxylation sites is 2. The summed E-state index contributed by atoms with van der Waals surface area (Å²) in [7, 11) is 0. The number of ether oxygens (including phenoxy) is 2. The van der Waals surface area contributed by atoms with E-state index in [1.165, 1.54) is 6.42 Å². The molecule has 0 bridgehead atoms. The third-order valence-electron chi connectivity index (χ3n) is 2.86. The standard InChI is InChI=1S/C16H27NO2/c1-4-11-17-14(3)10-13-19-16-9-7-6-8-15(16)18-12-5-2/h6-9,14,17H,4-5,10-13H2,1-3H3. The average molecular weight is 265 g/mol. The summed E-state index contributed by atoms with van der Waals surface area (Å²) in [6, 6.07) is 8.37. The molecule has 0 aliphatic heterocycles. The van der Waals surface area contributed by atoms with Gasteiger partial charge in [0.1, 0.15) is 0 Å². The molecule has 3 heteroatoms. The summed E-state index contributed by atoms with van der Waals surface area (Å²) in [5.41, 5.74) is 0. The van der Waals surface area contributed by atoms with Crippen LogP contribution in [0.1, 0.15) is 40.0 Å². The van der Waals surface area contributed by atoms with Crippen LogP contribution in [0, 0.1) is 0 Å². The maximum absolute atomic E-state index is 5.82. The highest BCUT2D eigenvalue weighted by atomic mass is 16.5. The van der Waals surface area contributed by atoms with Crippen molar-refractivity contribution in [1.82, 2.24) is 5.32 Å². The molecule has 1 N–H and O–H groups in total. The number of rotatable bonds is 10. The summed E-state index contributed by atoms with van der Waals surface area (Å²) in [5, 5.41) is 3.46. The third kappa shape index (κ3) is 6.48. The average Bonchev–Trinajstić information content (AvgIpc) is 2.44. The monoisotopic (exact) mass is 265 g/mol. The smallest absolute Gasteiger partial charge is 0.161 e. The van der Waals surface area contributed by atoms with Gasteiger partial charge in [-0.05, 0) is 44.9 Å². The van der Waals surface area contributed by atoms with Crippen LogP contribution < -0.4 is 14.8 Å². The van der Waals surface area contributed by atoms with E-state index in [1.54, 1.807) is 0 Å². The molecule has 0 amide bonds. The SMILES string of the molecule is CCCNC(C)CCOc1ccccc1OCCC. The van der Waals surface area contributed by atoms with E-state index in [1.807, 2.05) is 24.3 Å². The van der Waals surface area contributed by atoms with Crippen LogP contribution in [-0.2, 0) is 0 Å². The van der Waals surface area contributed by atoms with Crippen molar-refractivity contribution in [1.29, 1.82) is 0 Å². The second-order valence-corrected chi connectivity index (χ2v) is 4.79. The van der Waals surface area contributed by atoms with Gasteiger partial charge in [-0.15, -0.1) is 0 Å². The molecule has 1 atom stereocenters. The number of hydrogen-bond donors (Lipinski definition) is 1. The van der Waals surface area contributed by atoms with Crippen LogP contribution >= 0.6 is 0 Å². The lowest BCUT2D eigenvalue weighted by molar-refractivity contribution is 0.256. The third-order valence-corrected chi connectivity index (χ3v) is 2.86. The van der Waals surface area contributed by atoms with Crippen molar-refractivity contribution >= 4 is 0 Å². The van der Waals surface area contributed by atoms with Gasteiger partial charge < -0.3 is 14.8 Å². The Morgan fingerprint density at radius 1 is 1.00 bits per heavy atom. The zero-order valence-electron chi connectivity index (χ0n) is 12.4. The lowest BCUT2D eigenvalue weighted by atomic mass is 10.2. The van der Waals surface area contributed by atoms with Crippen LogP contribution in [-0.4, -0.2) is 25.8 Å². The van der Waals surface area contributed by atoms with Gasteiger partial charge in [-0.2, -0.15) is 0 Å². The van der Waals surface area contributed by atoms with Gasteiger partial charge in [-0.25, -0.2) is 0 Å². The van der Waals surface area contributed by atoms with Crippen LogP contribution in [0.4, 0.5) is 0 Å². The summed E-state index contributed by atoms with van der Waals surface area (Å²) in [6.07, 6.45) is 3.17. The fourth-order valence-corrected chi connectivity index (χ4v) is 1.74. The van der Waals surface area contributed by atoms with Gasteiger partial charge in [-0.3, -0.25) is 0 Å². The molecule has 1 aromatic rings. The van der Waals surface area contributed by atoms with E-state index in [9.17, 15) is 0 Å². The molecule has 0 fully saturated rings. The highest BCUT2D eigenvalue weighted by Crippen LogP contribution is 2.26. The normalized spacial score (nSPS) is 12.2. The maximum Gasteiger partial charge on any atom is 0.161 e. The van der Waals surface area contributed by atoms with Crippen molar-refractivity contribution in [2.75, 3.05) is 19.8 Å². The minimum Gasteiger partial charge on any atom is -0.490 e. The largest absolute Gasteiger partial charge is 0.490 e. The van der Waals surface area contributed by atoms with Crippen LogP contribution in [0.2, 0.25) is 0 Å². The molecule has 0 aromatic heterocycles. The molecule has 0 spiro atoms. The van der Waals surface area contributed by atoms with E-state index in [2.05, 4.69) is 26.1 Å². The molecule has 1 unspecified atom stereocenters. The Morgan fingerprint density at radius 3 is 2.21 bits per heavy atom. The highest BCUT2D eigenvalue weighted by Gasteiger charge is 2.05. The Hall–Kier alpha value is -1.22. The van der Waals surface area contributed by atoms with Crippen LogP contribution in [0.15, 0.2) is 24.3 Å². The van der Waals surface area contributed by atoms with Gasteiger partial charge in [0.2, 0.25) is 0 Å². The molecule has 0 radical (unpaired) electrons. The lowest BCUT2D eigenvalue weighted by Crippen LogP contribution is -2.28. The minimum absolute atomic E-state index is 0.490. The Bertz CT molecular complexity index is 341. The van der Waals surface area contributed by atoms with E-state index in [4.69, 9.17) is 9.47 Å². The zero-order valence-corrected chi connectivity index (χ0v) is 12.4. The topological polar surface area (TPSA) is 30.5 Å². The Kier molecular flexibility index (Phi) is 8.07. The molecule has 108 valence electrons. The Morgan fingerprint density at radius 2 is 1.63 bits per heavy atom. The molecule has 1 rings (SSSR count). The predicted octanol–water partition coefficient (Wildman–Crippen LogP) is 3.63. The minimum atomic E-state index is 0.490. The van der Waals surface area contributed by atoms with E-state index in [0.717, 1.165) is 37.5 Å². The molecule has 0 aliphatic carbocycles. The van der Waals surface area contributed by atoms with Crippen molar-refractivity contribution < 1.29 is 9.47 Å². The fraction of sp³-hybridized carbons (Fsp3) is 0.625. The first-order valence-corrected chi connectivity index (χ1v) is 7.35. The summed E-state index contributed by atoms with van der Waals surface area (Å²) >= 11 is 0. The van der Waals surface area contributed by atoms with Gasteiger partial charge in [0.05, 0.1) is 13.2 Å². The molecular formula is C16H27NO2. The molecule has 1 aromatic carbocycles. The first-order valence-electron chi connectivity index (χ1n) is 7.35. The maximum atomic E-state index is 5.82. The summed E-state index contributed by atoms with van der Waals surface area (Å²) < 4.78 is 11.5. The van der Waals surface area contributed by atoms with Crippen molar-refractivity contribution in [3.05, 3.63) is 24.3 Å². The van der Waals surface area contributed by atoms with Gasteiger partial charge in [-0.1, -0.05) is 26.0 Å². The summed E-state index contributed by atoms with van der Waals surface area (Å²) in [6.45, 7) is 8.98. The summed E-state index contributed by atoms with van der Waals surface area (Å²) in [4.78, 5) is 0. The van der Waals surface area contributed by atoms with Crippen molar-refractivity contribution in [3.63, 3.8) is 0 Å². The van der Waals surface area contributed by atoms with E-state index < -0.39 is 0 Å². The van der Waals surface area contributed by atoms with Crippen molar-refractivity contribution in [3.8, 4) is 11.5 Å². The number of hydrogen-bond acceptors (Lipinski definition) is 3. The van der Waals surface area contributed by atoms with Crippen molar-refractivity contribution in [2.45, 2.75) is 46.1 Å². The van der Waals surface area contributed by atoms with Gasteiger partial charge in [0.25, 0.3) is 0 Å². The van der Waals surface area contributed by atoms with Crippen LogP contribution in [0.3, 0.4) is 0 Å². The van der Waals surface area contributed by atoms with Gasteiger partial charge in [0.15, 0.2) is 11.5 Å². The van der Waals surface area contributed by atoms with E-state index in [-0.39, 0.29) is 0 Å². The Labute approximate surface area is 117 Å². The number of benzene rings is 1. The molecule has 0 saturated carbocycles. The Balaban J connectivity index is 2.35. The molecule has 0 saturated heterocycles. The van der Waals surface area contributed by atoms with E-state index in [0.29, 0.717) is 12.6 Å². The van der Waals surface area contributed by atoms with Crippen LogP contribution in [0.5, 0.6) is 11.5 Å². The second kappa shape index (κ2) is 9.68. The van der Waals surface area contributed by atoms with Gasteiger partial charge in [0, 0.05) is 6.04 Å². The molecule has 0 aliphatic rings. The van der Waals surface area contributed by atoms with Crippen molar-refractivity contribution in [2.24, 2.45) is 0 Å². The number of nitrogens with one attached hydrogen (secondary N) is 1. The quantitative estimate of drug-likeness (QED) is 0.700.